The summed E-state index contributed by atoms with van der Waals surface area (Å²) in [5.41, 5.74) is 1.13. The number of carbonyl (C=O) groups is 1. The van der Waals surface area contributed by atoms with Crippen molar-refractivity contribution in [1.29, 1.82) is 0 Å². The number of carbonyl (C=O) groups excluding carboxylic acids is 1. The van der Waals surface area contributed by atoms with Crippen molar-refractivity contribution in [3.05, 3.63) is 60.2 Å². The van der Waals surface area contributed by atoms with E-state index in [0.29, 0.717) is 6.42 Å². The van der Waals surface area contributed by atoms with Gasteiger partial charge in [-0.05, 0) is 49.6 Å². The van der Waals surface area contributed by atoms with E-state index in [9.17, 15) is 26.4 Å². The van der Waals surface area contributed by atoms with Crippen LogP contribution in [0, 0.1) is 0 Å². The average Bonchev–Trinajstić information content (AvgIpc) is 2.65. The van der Waals surface area contributed by atoms with Crippen molar-refractivity contribution in [2.24, 2.45) is 0 Å². The van der Waals surface area contributed by atoms with Crippen LogP contribution in [0.4, 0.5) is 13.2 Å². The maximum Gasteiger partial charge on any atom is 0.573 e. The molecule has 0 aromatic heterocycles. The molecule has 2 aromatic rings. The molecule has 2 rings (SSSR count). The molecule has 10 heteroatoms. The van der Waals surface area contributed by atoms with Crippen LogP contribution in [0.2, 0.25) is 0 Å². The number of benzene rings is 2. The van der Waals surface area contributed by atoms with Crippen LogP contribution in [0.1, 0.15) is 18.9 Å². The zero-order valence-corrected chi connectivity index (χ0v) is 16.4. The SMILES string of the molecule is CC(CCc1ccccc1)NC(=O)CNS(=O)(=O)c1ccc(OC(F)(F)F)cc1. The average molecular weight is 430 g/mol. The Labute approximate surface area is 167 Å². The lowest BCUT2D eigenvalue weighted by Crippen LogP contribution is -2.41. The molecule has 29 heavy (non-hydrogen) atoms. The van der Waals surface area contributed by atoms with Gasteiger partial charge in [0.25, 0.3) is 0 Å². The Morgan fingerprint density at radius 1 is 1.07 bits per heavy atom. The smallest absolute Gasteiger partial charge is 0.406 e. The molecule has 6 nitrogen and oxygen atoms in total. The molecule has 1 unspecified atom stereocenters. The Balaban J connectivity index is 1.82. The molecular formula is C19H21F3N2O4S. The molecule has 0 aliphatic rings. The first-order valence-electron chi connectivity index (χ1n) is 8.74. The summed E-state index contributed by atoms with van der Waals surface area (Å²) in [4.78, 5) is 11.7. The van der Waals surface area contributed by atoms with E-state index in [0.717, 1.165) is 36.2 Å². The third-order valence-electron chi connectivity index (χ3n) is 3.91. The molecular weight excluding hydrogens is 409 g/mol. The van der Waals surface area contributed by atoms with Crippen LogP contribution < -0.4 is 14.8 Å². The number of hydrogen-bond acceptors (Lipinski definition) is 4. The fourth-order valence-corrected chi connectivity index (χ4v) is 3.47. The van der Waals surface area contributed by atoms with Gasteiger partial charge in [0.05, 0.1) is 11.4 Å². The van der Waals surface area contributed by atoms with Crippen LogP contribution in [0.25, 0.3) is 0 Å². The van der Waals surface area contributed by atoms with E-state index in [1.807, 2.05) is 37.3 Å². The third kappa shape index (κ3) is 8.12. The highest BCUT2D eigenvalue weighted by Gasteiger charge is 2.31. The summed E-state index contributed by atoms with van der Waals surface area (Å²) in [5.74, 6) is -1.05. The summed E-state index contributed by atoms with van der Waals surface area (Å²) in [6.45, 7) is 1.33. The quantitative estimate of drug-likeness (QED) is 0.641. The van der Waals surface area contributed by atoms with E-state index >= 15 is 0 Å². The van der Waals surface area contributed by atoms with Gasteiger partial charge >= 0.3 is 6.36 Å². The summed E-state index contributed by atoms with van der Waals surface area (Å²) in [7, 11) is -4.05. The normalized spacial score (nSPS) is 13.0. The highest BCUT2D eigenvalue weighted by atomic mass is 32.2. The molecule has 1 amide bonds. The summed E-state index contributed by atoms with van der Waals surface area (Å²) in [6.07, 6.45) is -3.42. The Morgan fingerprint density at radius 3 is 2.28 bits per heavy atom. The lowest BCUT2D eigenvalue weighted by atomic mass is 10.1. The number of sulfonamides is 1. The maximum absolute atomic E-state index is 12.2. The molecule has 0 aliphatic carbocycles. The second-order valence-corrected chi connectivity index (χ2v) is 8.10. The summed E-state index contributed by atoms with van der Waals surface area (Å²) >= 11 is 0. The van der Waals surface area contributed by atoms with Crippen LogP contribution in [-0.2, 0) is 21.2 Å². The Hall–Kier alpha value is -2.59. The zero-order valence-electron chi connectivity index (χ0n) is 15.6. The minimum atomic E-state index is -4.87. The van der Waals surface area contributed by atoms with E-state index in [-0.39, 0.29) is 10.9 Å². The lowest BCUT2D eigenvalue weighted by Gasteiger charge is -2.14. The van der Waals surface area contributed by atoms with Crippen LogP contribution in [0.5, 0.6) is 5.75 Å². The second-order valence-electron chi connectivity index (χ2n) is 6.34. The largest absolute Gasteiger partial charge is 0.573 e. The summed E-state index contributed by atoms with van der Waals surface area (Å²) in [5, 5.41) is 2.70. The number of nitrogens with one attached hydrogen (secondary N) is 2. The van der Waals surface area contributed by atoms with Crippen LogP contribution in [-0.4, -0.2) is 33.3 Å². The standard InChI is InChI=1S/C19H21F3N2O4S/c1-14(7-8-15-5-3-2-4-6-15)24-18(25)13-23-29(26,27)17-11-9-16(10-12-17)28-19(20,21)22/h2-6,9-12,14,23H,7-8,13H2,1H3,(H,24,25). The van der Waals surface area contributed by atoms with Crippen LogP contribution >= 0.6 is 0 Å². The van der Waals surface area contributed by atoms with Gasteiger partial charge in [-0.15, -0.1) is 13.2 Å². The monoisotopic (exact) mass is 430 g/mol. The fraction of sp³-hybridized carbons (Fsp3) is 0.316. The van der Waals surface area contributed by atoms with Crippen molar-refractivity contribution in [1.82, 2.24) is 10.0 Å². The van der Waals surface area contributed by atoms with Crippen molar-refractivity contribution in [2.45, 2.75) is 37.1 Å². The Kier molecular flexibility index (Phi) is 7.63. The van der Waals surface area contributed by atoms with Gasteiger partial charge in [-0.1, -0.05) is 30.3 Å². The van der Waals surface area contributed by atoms with Gasteiger partial charge in [-0.3, -0.25) is 4.79 Å². The second kappa shape index (κ2) is 9.75. The van der Waals surface area contributed by atoms with Gasteiger partial charge in [0.1, 0.15) is 5.75 Å². The van der Waals surface area contributed by atoms with Gasteiger partial charge in [0, 0.05) is 6.04 Å². The molecule has 0 saturated heterocycles. The fourth-order valence-electron chi connectivity index (χ4n) is 2.49. The predicted molar refractivity (Wildman–Crippen MR) is 101 cm³/mol. The number of aryl methyl sites for hydroxylation is 1. The maximum atomic E-state index is 12.2. The molecule has 0 aliphatic heterocycles. The van der Waals surface area contributed by atoms with Crippen molar-refractivity contribution in [3.8, 4) is 5.75 Å². The minimum Gasteiger partial charge on any atom is -0.406 e. The molecule has 2 N–H and O–H groups in total. The number of halogens is 3. The molecule has 0 radical (unpaired) electrons. The van der Waals surface area contributed by atoms with E-state index in [1.165, 1.54) is 0 Å². The Bertz CT molecular complexity index is 901. The molecule has 0 fully saturated rings. The van der Waals surface area contributed by atoms with Crippen LogP contribution in [0.15, 0.2) is 59.5 Å². The first-order chi connectivity index (χ1) is 13.5. The molecule has 0 saturated carbocycles. The highest BCUT2D eigenvalue weighted by molar-refractivity contribution is 7.89. The number of amides is 1. The molecule has 0 spiro atoms. The van der Waals surface area contributed by atoms with Gasteiger partial charge < -0.3 is 10.1 Å². The Morgan fingerprint density at radius 2 is 1.69 bits per heavy atom. The summed E-state index contributed by atoms with van der Waals surface area (Å²) in [6, 6.07) is 13.3. The van der Waals surface area contributed by atoms with Crippen molar-refractivity contribution in [2.75, 3.05) is 6.54 Å². The van der Waals surface area contributed by atoms with Crippen molar-refractivity contribution < 1.29 is 31.1 Å². The third-order valence-corrected chi connectivity index (χ3v) is 5.32. The first kappa shape index (κ1) is 22.7. The number of rotatable bonds is 9. The number of hydrogen-bond donors (Lipinski definition) is 2. The lowest BCUT2D eigenvalue weighted by molar-refractivity contribution is -0.274. The van der Waals surface area contributed by atoms with E-state index < -0.39 is 34.6 Å². The highest BCUT2D eigenvalue weighted by Crippen LogP contribution is 2.23. The van der Waals surface area contributed by atoms with Crippen molar-refractivity contribution >= 4 is 15.9 Å². The molecule has 2 aromatic carbocycles. The zero-order chi connectivity index (χ0) is 21.5. The molecule has 0 heterocycles. The summed E-state index contributed by atoms with van der Waals surface area (Å²) < 4.78 is 66.6. The number of alkyl halides is 3. The van der Waals surface area contributed by atoms with Gasteiger partial charge in [0.2, 0.25) is 15.9 Å². The van der Waals surface area contributed by atoms with Gasteiger partial charge in [0.15, 0.2) is 0 Å². The van der Waals surface area contributed by atoms with Gasteiger partial charge in [-0.2, -0.15) is 0 Å². The first-order valence-corrected chi connectivity index (χ1v) is 10.2. The molecule has 0 bridgehead atoms. The van der Waals surface area contributed by atoms with E-state index in [2.05, 4.69) is 14.8 Å². The topological polar surface area (TPSA) is 84.5 Å². The number of ether oxygens (including phenoxy) is 1. The predicted octanol–water partition coefficient (Wildman–Crippen LogP) is 3.00. The van der Waals surface area contributed by atoms with E-state index in [1.54, 1.807) is 0 Å². The molecule has 1 atom stereocenters. The van der Waals surface area contributed by atoms with Crippen molar-refractivity contribution in [3.63, 3.8) is 0 Å². The van der Waals surface area contributed by atoms with Crippen LogP contribution in [0.3, 0.4) is 0 Å². The van der Waals surface area contributed by atoms with Gasteiger partial charge in [-0.25, -0.2) is 13.1 Å². The van der Waals surface area contributed by atoms with E-state index in [4.69, 9.17) is 0 Å². The minimum absolute atomic E-state index is 0.161. The molecule has 158 valence electrons.